The first-order chi connectivity index (χ1) is 17.0. The van der Waals surface area contributed by atoms with E-state index in [2.05, 4.69) is 4.98 Å². The van der Waals surface area contributed by atoms with Crippen LogP contribution in [0.2, 0.25) is 5.02 Å². The minimum atomic E-state index is -0.799. The number of H-pyrrole nitrogens is 1. The van der Waals surface area contributed by atoms with Gasteiger partial charge in [-0.3, -0.25) is 9.59 Å². The van der Waals surface area contributed by atoms with E-state index >= 15 is 0 Å². The van der Waals surface area contributed by atoms with Gasteiger partial charge in [0.1, 0.15) is 11.5 Å². The molecule has 3 aromatic carbocycles. The van der Waals surface area contributed by atoms with Crippen LogP contribution in [0.3, 0.4) is 0 Å². The smallest absolute Gasteiger partial charge is 0.295 e. The van der Waals surface area contributed by atoms with E-state index in [1.807, 2.05) is 48.7 Å². The first kappa shape index (κ1) is 22.7. The molecule has 1 atom stereocenters. The Kier molecular flexibility index (Phi) is 6.05. The van der Waals surface area contributed by atoms with E-state index in [9.17, 15) is 14.7 Å². The van der Waals surface area contributed by atoms with Gasteiger partial charge in [-0.05, 0) is 48.4 Å². The lowest BCUT2D eigenvalue weighted by atomic mass is 9.94. The van der Waals surface area contributed by atoms with Gasteiger partial charge in [0.25, 0.3) is 11.7 Å². The van der Waals surface area contributed by atoms with Crippen molar-refractivity contribution in [2.75, 3.05) is 13.7 Å². The molecule has 7 heteroatoms. The number of para-hydroxylation sites is 2. The van der Waals surface area contributed by atoms with Gasteiger partial charge in [-0.15, -0.1) is 0 Å². The van der Waals surface area contributed by atoms with Crippen molar-refractivity contribution in [1.82, 2.24) is 9.88 Å². The van der Waals surface area contributed by atoms with Crippen LogP contribution in [0.4, 0.5) is 0 Å². The van der Waals surface area contributed by atoms with Crippen molar-refractivity contribution < 1.29 is 19.4 Å². The van der Waals surface area contributed by atoms with Gasteiger partial charge >= 0.3 is 0 Å². The molecule has 1 amide bonds. The van der Waals surface area contributed by atoms with Crippen molar-refractivity contribution in [2.24, 2.45) is 0 Å². The molecule has 0 spiro atoms. The molecule has 0 aliphatic carbocycles. The van der Waals surface area contributed by atoms with Crippen molar-refractivity contribution in [2.45, 2.75) is 12.5 Å². The van der Waals surface area contributed by atoms with Crippen molar-refractivity contribution in [3.05, 3.63) is 106 Å². The summed E-state index contributed by atoms with van der Waals surface area (Å²) < 4.78 is 5.56. The first-order valence-electron chi connectivity index (χ1n) is 11.2. The third-order valence-corrected chi connectivity index (χ3v) is 6.64. The second kappa shape index (κ2) is 9.31. The van der Waals surface area contributed by atoms with Gasteiger partial charge < -0.3 is 19.7 Å². The second-order valence-corrected chi connectivity index (χ2v) is 8.79. The summed E-state index contributed by atoms with van der Waals surface area (Å²) in [6, 6.07) is 20.9. The van der Waals surface area contributed by atoms with Crippen LogP contribution in [0.25, 0.3) is 16.7 Å². The Labute approximate surface area is 207 Å². The fourth-order valence-electron chi connectivity index (χ4n) is 4.67. The van der Waals surface area contributed by atoms with E-state index in [1.54, 1.807) is 30.3 Å². The number of aliphatic hydroxyl groups excluding tert-OH is 1. The number of aromatic amines is 1. The van der Waals surface area contributed by atoms with E-state index < -0.39 is 17.7 Å². The molecule has 35 heavy (non-hydrogen) atoms. The number of nitrogens with zero attached hydrogens (tertiary/aromatic N) is 1. The number of halogens is 1. The molecule has 176 valence electrons. The number of amides is 1. The minimum Gasteiger partial charge on any atom is -0.507 e. The summed E-state index contributed by atoms with van der Waals surface area (Å²) in [5.74, 6) is -1.10. The maximum Gasteiger partial charge on any atom is 0.295 e. The zero-order valence-electron chi connectivity index (χ0n) is 19.0. The van der Waals surface area contributed by atoms with E-state index in [1.165, 1.54) is 12.0 Å². The molecule has 1 aromatic heterocycles. The van der Waals surface area contributed by atoms with Gasteiger partial charge in [-0.2, -0.15) is 0 Å². The van der Waals surface area contributed by atoms with Crippen molar-refractivity contribution in [3.63, 3.8) is 0 Å². The molecule has 0 radical (unpaired) electrons. The normalized spacial score (nSPS) is 17.3. The van der Waals surface area contributed by atoms with Gasteiger partial charge in [0.15, 0.2) is 0 Å². The Morgan fingerprint density at radius 2 is 1.74 bits per heavy atom. The van der Waals surface area contributed by atoms with Crippen LogP contribution in [-0.2, 0) is 16.0 Å². The fourth-order valence-corrected chi connectivity index (χ4v) is 4.79. The van der Waals surface area contributed by atoms with Gasteiger partial charge in [0.05, 0.1) is 18.7 Å². The molecular formula is C28H23ClN2O4. The number of Topliss-reactive ketones (excluding diaryl/α,β-unsaturated/α-hetero) is 1. The van der Waals surface area contributed by atoms with Gasteiger partial charge in [-0.1, -0.05) is 48.0 Å². The topological polar surface area (TPSA) is 82.6 Å². The van der Waals surface area contributed by atoms with Crippen LogP contribution < -0.4 is 4.74 Å². The molecule has 1 aliphatic rings. The molecule has 0 saturated carbocycles. The van der Waals surface area contributed by atoms with Crippen LogP contribution in [0.15, 0.2) is 84.6 Å². The summed E-state index contributed by atoms with van der Waals surface area (Å²) in [6.07, 6.45) is 2.46. The molecule has 0 bridgehead atoms. The molecule has 2 N–H and O–H groups in total. The van der Waals surface area contributed by atoms with Gasteiger partial charge in [0, 0.05) is 39.8 Å². The average Bonchev–Trinajstić information content (AvgIpc) is 3.41. The number of hydrogen-bond acceptors (Lipinski definition) is 4. The van der Waals surface area contributed by atoms with Crippen molar-refractivity contribution in [3.8, 4) is 5.75 Å². The number of carbonyl (C=O) groups is 2. The van der Waals surface area contributed by atoms with Crippen LogP contribution in [0.1, 0.15) is 22.7 Å². The number of nitrogens with one attached hydrogen (secondary N) is 1. The lowest BCUT2D eigenvalue weighted by molar-refractivity contribution is -0.139. The van der Waals surface area contributed by atoms with Crippen LogP contribution >= 0.6 is 11.6 Å². The van der Waals surface area contributed by atoms with Gasteiger partial charge in [0.2, 0.25) is 0 Å². The Balaban J connectivity index is 1.59. The van der Waals surface area contributed by atoms with E-state index in [-0.39, 0.29) is 17.9 Å². The number of benzene rings is 3. The maximum absolute atomic E-state index is 13.3. The Hall–Kier alpha value is -4.03. The van der Waals surface area contributed by atoms with Crippen molar-refractivity contribution >= 4 is 40.0 Å². The number of carbonyl (C=O) groups excluding carboxylic acids is 2. The molecule has 1 fully saturated rings. The quantitative estimate of drug-likeness (QED) is 0.214. The zero-order chi connectivity index (χ0) is 24.5. The second-order valence-electron chi connectivity index (χ2n) is 8.35. The predicted molar refractivity (Wildman–Crippen MR) is 135 cm³/mol. The first-order valence-corrected chi connectivity index (χ1v) is 11.6. The summed E-state index contributed by atoms with van der Waals surface area (Å²) in [4.78, 5) is 31.3. The number of aromatic nitrogens is 1. The summed E-state index contributed by atoms with van der Waals surface area (Å²) in [7, 11) is 1.54. The number of likely N-dealkylation sites (tertiary alicyclic amines) is 1. The van der Waals surface area contributed by atoms with E-state index in [0.29, 0.717) is 28.3 Å². The molecule has 1 saturated heterocycles. The van der Waals surface area contributed by atoms with E-state index in [0.717, 1.165) is 16.5 Å². The molecule has 1 unspecified atom stereocenters. The standard InChI is InChI=1S/C28H23ClN2O4/c1-35-23-9-5-3-7-21(23)25-24(26(32)17-10-12-19(29)13-11-17)27(33)28(34)31(25)15-14-18-16-30-22-8-4-2-6-20(18)22/h2-13,16,25,30,32H,14-15H2,1H3. The minimum absolute atomic E-state index is 0.0285. The SMILES string of the molecule is COc1ccccc1C1C(=C(O)c2ccc(Cl)cc2)C(=O)C(=O)N1CCc1c[nH]c2ccccc12. The Morgan fingerprint density at radius 3 is 2.51 bits per heavy atom. The monoisotopic (exact) mass is 486 g/mol. The highest BCUT2D eigenvalue weighted by molar-refractivity contribution is 6.46. The molecular weight excluding hydrogens is 464 g/mol. The third kappa shape index (κ3) is 4.06. The molecule has 5 rings (SSSR count). The number of ether oxygens (including phenoxy) is 1. The van der Waals surface area contributed by atoms with Crippen LogP contribution in [-0.4, -0.2) is 40.3 Å². The van der Waals surface area contributed by atoms with Crippen LogP contribution in [0, 0.1) is 0 Å². The van der Waals surface area contributed by atoms with E-state index in [4.69, 9.17) is 16.3 Å². The lowest BCUT2D eigenvalue weighted by Gasteiger charge is -2.26. The molecule has 4 aromatic rings. The number of fused-ring (bicyclic) bond motifs is 1. The summed E-state index contributed by atoms with van der Waals surface area (Å²) in [5, 5.41) is 12.8. The summed E-state index contributed by atoms with van der Waals surface area (Å²) in [5.41, 5.74) is 3.11. The molecule has 1 aliphatic heterocycles. The summed E-state index contributed by atoms with van der Waals surface area (Å²) in [6.45, 7) is 0.284. The molecule has 2 heterocycles. The highest BCUT2D eigenvalue weighted by Gasteiger charge is 2.46. The lowest BCUT2D eigenvalue weighted by Crippen LogP contribution is -2.31. The van der Waals surface area contributed by atoms with Crippen molar-refractivity contribution in [1.29, 1.82) is 0 Å². The summed E-state index contributed by atoms with van der Waals surface area (Å²) >= 11 is 6.00. The highest BCUT2D eigenvalue weighted by atomic mass is 35.5. The Morgan fingerprint density at radius 1 is 1.03 bits per heavy atom. The highest BCUT2D eigenvalue weighted by Crippen LogP contribution is 2.42. The Bertz CT molecular complexity index is 1460. The number of aliphatic hydroxyl groups is 1. The molecule has 6 nitrogen and oxygen atoms in total. The predicted octanol–water partition coefficient (Wildman–Crippen LogP) is 5.49. The fraction of sp³-hybridized carbons (Fsp3) is 0.143. The zero-order valence-corrected chi connectivity index (χ0v) is 19.8. The third-order valence-electron chi connectivity index (χ3n) is 6.39. The van der Waals surface area contributed by atoms with Gasteiger partial charge in [-0.25, -0.2) is 0 Å². The average molecular weight is 487 g/mol. The number of methoxy groups -OCH3 is 1. The number of ketones is 1. The number of rotatable bonds is 6. The van der Waals surface area contributed by atoms with Crippen LogP contribution in [0.5, 0.6) is 5.75 Å². The maximum atomic E-state index is 13.3. The number of hydrogen-bond donors (Lipinski definition) is 2. The largest absolute Gasteiger partial charge is 0.507 e.